The average molecular weight is 491 g/mol. The lowest BCUT2D eigenvalue weighted by Gasteiger charge is -2.10. The fourth-order valence-corrected chi connectivity index (χ4v) is 3.64. The fourth-order valence-electron chi connectivity index (χ4n) is 3.15. The molecule has 0 spiro atoms. The number of hydrogen-bond donors (Lipinski definition) is 2. The van der Waals surface area contributed by atoms with E-state index in [9.17, 15) is 9.90 Å². The Labute approximate surface area is 174 Å². The number of carboxylic acids is 1. The summed E-state index contributed by atoms with van der Waals surface area (Å²) in [6.07, 6.45) is 2.70. The Morgan fingerprint density at radius 1 is 1.32 bits per heavy atom. The highest BCUT2D eigenvalue weighted by molar-refractivity contribution is 14.1. The Morgan fingerprint density at radius 2 is 2.18 bits per heavy atom. The first-order valence-corrected chi connectivity index (χ1v) is 9.85. The third-order valence-corrected chi connectivity index (χ3v) is 5.41. The van der Waals surface area contributed by atoms with Gasteiger partial charge in [-0.1, -0.05) is 6.07 Å². The molecule has 0 radical (unpaired) electrons. The number of hydrogen-bond acceptors (Lipinski definition) is 6. The van der Waals surface area contributed by atoms with Crippen LogP contribution in [0.15, 0.2) is 42.7 Å². The molecule has 0 amide bonds. The van der Waals surface area contributed by atoms with Crippen LogP contribution < -0.4 is 10.5 Å². The van der Waals surface area contributed by atoms with Crippen LogP contribution in [-0.4, -0.2) is 37.4 Å². The quantitative estimate of drug-likeness (QED) is 0.489. The number of anilines is 1. The van der Waals surface area contributed by atoms with Crippen molar-refractivity contribution < 1.29 is 14.6 Å². The van der Waals surface area contributed by atoms with Crippen LogP contribution in [0.5, 0.6) is 5.75 Å². The summed E-state index contributed by atoms with van der Waals surface area (Å²) in [5.74, 6) is 1.34. The zero-order valence-electron chi connectivity index (χ0n) is 14.8. The van der Waals surface area contributed by atoms with Gasteiger partial charge in [0, 0.05) is 10.1 Å². The molecule has 144 valence electrons. The van der Waals surface area contributed by atoms with E-state index >= 15 is 0 Å². The summed E-state index contributed by atoms with van der Waals surface area (Å²) in [5, 5.41) is 17.5. The van der Waals surface area contributed by atoms with Gasteiger partial charge in [-0.15, -0.1) is 10.2 Å². The van der Waals surface area contributed by atoms with E-state index in [0.717, 1.165) is 16.5 Å². The van der Waals surface area contributed by atoms with Gasteiger partial charge >= 0.3 is 5.97 Å². The molecule has 4 rings (SSSR count). The smallest absolute Gasteiger partial charge is 0.339 e. The largest absolute Gasteiger partial charge is 0.492 e. The maximum absolute atomic E-state index is 11.4. The van der Waals surface area contributed by atoms with Crippen molar-refractivity contribution in [3.05, 3.63) is 51.9 Å². The van der Waals surface area contributed by atoms with Gasteiger partial charge in [0.25, 0.3) is 0 Å². The minimum absolute atomic E-state index is 0.193. The third-order valence-electron chi connectivity index (χ3n) is 4.74. The van der Waals surface area contributed by atoms with E-state index in [4.69, 9.17) is 10.5 Å². The molecular weight excluding hydrogens is 473 g/mol. The minimum atomic E-state index is -0.982. The van der Waals surface area contributed by atoms with Crippen LogP contribution in [0, 0.1) is 15.4 Å². The molecule has 1 saturated carbocycles. The van der Waals surface area contributed by atoms with Gasteiger partial charge in [-0.3, -0.25) is 0 Å². The van der Waals surface area contributed by atoms with Crippen molar-refractivity contribution in [2.45, 2.75) is 13.0 Å². The van der Waals surface area contributed by atoms with Crippen molar-refractivity contribution in [3.63, 3.8) is 0 Å². The third kappa shape index (κ3) is 4.08. The number of nitrogens with zero attached hydrogens (tertiary/aromatic N) is 4. The second-order valence-electron chi connectivity index (χ2n) is 6.77. The maximum atomic E-state index is 11.4. The number of benzene rings is 1. The number of nitrogen functional groups attached to an aromatic ring is 1. The van der Waals surface area contributed by atoms with Gasteiger partial charge in [0.05, 0.1) is 6.61 Å². The lowest BCUT2D eigenvalue weighted by molar-refractivity contribution is 0.0691. The molecule has 1 unspecified atom stereocenters. The number of pyridine rings is 1. The zero-order valence-corrected chi connectivity index (χ0v) is 17.0. The topological polar surface area (TPSA) is 116 Å². The summed E-state index contributed by atoms with van der Waals surface area (Å²) in [4.78, 5) is 15.7. The summed E-state index contributed by atoms with van der Waals surface area (Å²) in [7, 11) is 0. The van der Waals surface area contributed by atoms with Crippen LogP contribution in [0.3, 0.4) is 0 Å². The number of rotatable bonds is 7. The van der Waals surface area contributed by atoms with Gasteiger partial charge in [0.1, 0.15) is 29.2 Å². The Bertz CT molecular complexity index is 1020. The molecule has 2 heterocycles. The van der Waals surface area contributed by atoms with E-state index in [1.165, 1.54) is 0 Å². The molecule has 0 aliphatic heterocycles. The highest BCUT2D eigenvalue weighted by Crippen LogP contribution is 2.41. The van der Waals surface area contributed by atoms with Crippen molar-refractivity contribution in [3.8, 4) is 17.3 Å². The van der Waals surface area contributed by atoms with Crippen LogP contribution in [0.2, 0.25) is 0 Å². The van der Waals surface area contributed by atoms with E-state index in [1.54, 1.807) is 24.5 Å². The van der Waals surface area contributed by atoms with Crippen molar-refractivity contribution in [2.24, 2.45) is 11.8 Å². The first-order chi connectivity index (χ1) is 13.5. The van der Waals surface area contributed by atoms with Gasteiger partial charge in [-0.25, -0.2) is 9.78 Å². The SMILES string of the molecule is Nc1cccc(-c2nncn2CC2C[C@H]2COc2ccc(I)cc2C(=O)O)n1. The molecule has 0 bridgehead atoms. The number of aromatic carboxylic acids is 1. The zero-order chi connectivity index (χ0) is 19.7. The first kappa shape index (κ1) is 18.7. The molecule has 3 N–H and O–H groups in total. The van der Waals surface area contributed by atoms with Gasteiger partial charge in [-0.2, -0.15) is 0 Å². The molecule has 2 atom stereocenters. The molecule has 2 aromatic heterocycles. The van der Waals surface area contributed by atoms with Crippen LogP contribution in [0.1, 0.15) is 16.8 Å². The number of nitrogens with two attached hydrogens (primary N) is 1. The lowest BCUT2D eigenvalue weighted by atomic mass is 10.2. The Morgan fingerprint density at radius 3 is 2.96 bits per heavy atom. The van der Waals surface area contributed by atoms with E-state index in [-0.39, 0.29) is 5.56 Å². The molecule has 0 saturated heterocycles. The Kier molecular flexibility index (Phi) is 5.16. The molecule has 8 nitrogen and oxygen atoms in total. The Balaban J connectivity index is 1.38. The van der Waals surface area contributed by atoms with E-state index in [1.807, 2.05) is 22.8 Å². The number of carbonyl (C=O) groups is 1. The van der Waals surface area contributed by atoms with E-state index in [2.05, 4.69) is 37.8 Å². The lowest BCUT2D eigenvalue weighted by Crippen LogP contribution is -2.09. The first-order valence-electron chi connectivity index (χ1n) is 8.77. The molecule has 3 aromatic rings. The number of carboxylic acid groups (broad SMARTS) is 1. The average Bonchev–Trinajstić information content (AvgIpc) is 3.23. The van der Waals surface area contributed by atoms with Gasteiger partial charge in [0.15, 0.2) is 5.82 Å². The predicted molar refractivity (Wildman–Crippen MR) is 111 cm³/mol. The molecule has 9 heteroatoms. The second-order valence-corrected chi connectivity index (χ2v) is 8.01. The normalized spacial score (nSPS) is 18.0. The summed E-state index contributed by atoms with van der Waals surface area (Å²) in [6, 6.07) is 10.6. The molecule has 1 aromatic carbocycles. The molecule has 1 aliphatic rings. The fraction of sp³-hybridized carbons (Fsp3) is 0.263. The van der Waals surface area contributed by atoms with Crippen molar-refractivity contribution in [1.82, 2.24) is 19.7 Å². The number of halogens is 1. The van der Waals surface area contributed by atoms with Crippen LogP contribution in [0.4, 0.5) is 5.82 Å². The minimum Gasteiger partial charge on any atom is -0.492 e. The van der Waals surface area contributed by atoms with Gasteiger partial charge in [-0.05, 0) is 71.2 Å². The summed E-state index contributed by atoms with van der Waals surface area (Å²) < 4.78 is 8.64. The Hall–Kier alpha value is -2.69. The second kappa shape index (κ2) is 7.74. The summed E-state index contributed by atoms with van der Waals surface area (Å²) >= 11 is 2.09. The maximum Gasteiger partial charge on any atom is 0.339 e. The number of ether oxygens (including phenoxy) is 1. The molecule has 1 fully saturated rings. The molecular formula is C19H18IN5O3. The van der Waals surface area contributed by atoms with E-state index < -0.39 is 5.97 Å². The highest BCUT2D eigenvalue weighted by Gasteiger charge is 2.38. The van der Waals surface area contributed by atoms with Crippen LogP contribution >= 0.6 is 22.6 Å². The summed E-state index contributed by atoms with van der Waals surface area (Å²) in [5.41, 5.74) is 6.64. The predicted octanol–water partition coefficient (Wildman–Crippen LogP) is 2.94. The van der Waals surface area contributed by atoms with Crippen LogP contribution in [-0.2, 0) is 6.54 Å². The van der Waals surface area contributed by atoms with Crippen molar-refractivity contribution >= 4 is 34.4 Å². The van der Waals surface area contributed by atoms with Crippen molar-refractivity contribution in [1.29, 1.82) is 0 Å². The van der Waals surface area contributed by atoms with Crippen molar-refractivity contribution in [2.75, 3.05) is 12.3 Å². The highest BCUT2D eigenvalue weighted by atomic mass is 127. The molecule has 28 heavy (non-hydrogen) atoms. The molecule has 1 aliphatic carbocycles. The van der Waals surface area contributed by atoms with E-state index in [0.29, 0.717) is 41.5 Å². The standard InChI is InChI=1S/C19H18IN5O3/c20-13-4-5-16(14(7-13)19(26)27)28-9-12-6-11(12)8-25-10-22-24-18(25)15-2-1-3-17(21)23-15/h1-5,7,10-12H,6,8-9H2,(H2,21,23)(H,26,27)/t11?,12-/m0/s1. The van der Waals surface area contributed by atoms with Gasteiger partial charge in [0.2, 0.25) is 0 Å². The van der Waals surface area contributed by atoms with Gasteiger partial charge < -0.3 is 20.1 Å². The van der Waals surface area contributed by atoms with Crippen LogP contribution in [0.25, 0.3) is 11.5 Å². The summed E-state index contributed by atoms with van der Waals surface area (Å²) in [6.45, 7) is 1.24. The monoisotopic (exact) mass is 491 g/mol. The number of aromatic nitrogens is 4.